The Kier molecular flexibility index (Phi) is 3.19. The molecule has 4 nitrogen and oxygen atoms in total. The van der Waals surface area contributed by atoms with Gasteiger partial charge < -0.3 is 5.32 Å². The summed E-state index contributed by atoms with van der Waals surface area (Å²) < 4.78 is 0. The van der Waals surface area contributed by atoms with Crippen LogP contribution >= 0.6 is 0 Å². The minimum Gasteiger partial charge on any atom is -0.319 e. The van der Waals surface area contributed by atoms with Gasteiger partial charge in [0.15, 0.2) is 0 Å². The van der Waals surface area contributed by atoms with E-state index in [1.54, 1.807) is 0 Å². The van der Waals surface area contributed by atoms with E-state index in [9.17, 15) is 4.79 Å². The predicted octanol–water partition coefficient (Wildman–Crippen LogP) is 2.90. The first kappa shape index (κ1) is 12.4. The summed E-state index contributed by atoms with van der Waals surface area (Å²) in [7, 11) is 0. The second-order valence-corrected chi connectivity index (χ2v) is 4.51. The fourth-order valence-corrected chi connectivity index (χ4v) is 1.91. The maximum atomic E-state index is 12.2. The van der Waals surface area contributed by atoms with Gasteiger partial charge in [-0.15, -0.1) is 0 Å². The summed E-state index contributed by atoms with van der Waals surface area (Å²) in [6.45, 7) is 7.71. The summed E-state index contributed by atoms with van der Waals surface area (Å²) in [5.74, 6) is -0.0937. The van der Waals surface area contributed by atoms with Gasteiger partial charge in [0.2, 0.25) is 0 Å². The number of aromatic amines is 1. The number of anilines is 1. The molecule has 1 heterocycles. The lowest BCUT2D eigenvalue weighted by Crippen LogP contribution is -2.14. The van der Waals surface area contributed by atoms with Crippen molar-refractivity contribution < 1.29 is 4.79 Å². The van der Waals surface area contributed by atoms with E-state index in [1.807, 2.05) is 45.9 Å². The van der Waals surface area contributed by atoms with Crippen LogP contribution in [0.25, 0.3) is 0 Å². The van der Waals surface area contributed by atoms with Crippen LogP contribution in [-0.2, 0) is 0 Å². The van der Waals surface area contributed by atoms with E-state index in [0.29, 0.717) is 5.56 Å². The van der Waals surface area contributed by atoms with Gasteiger partial charge in [-0.05, 0) is 44.9 Å². The molecular formula is C14H17N3O. The summed E-state index contributed by atoms with van der Waals surface area (Å²) in [6.07, 6.45) is 0. The van der Waals surface area contributed by atoms with Crippen molar-refractivity contribution in [2.45, 2.75) is 27.7 Å². The number of H-pyrrole nitrogens is 1. The highest BCUT2D eigenvalue weighted by molar-refractivity contribution is 6.06. The molecule has 0 fully saturated rings. The number of hydrogen-bond acceptors (Lipinski definition) is 2. The second kappa shape index (κ2) is 4.64. The first-order valence-corrected chi connectivity index (χ1v) is 5.90. The van der Waals surface area contributed by atoms with Crippen molar-refractivity contribution >= 4 is 11.6 Å². The van der Waals surface area contributed by atoms with Crippen molar-refractivity contribution in [1.82, 2.24) is 10.2 Å². The molecule has 0 saturated carbocycles. The first-order valence-electron chi connectivity index (χ1n) is 5.90. The first-order chi connectivity index (χ1) is 8.50. The molecule has 0 aliphatic carbocycles. The molecule has 0 spiro atoms. The molecular weight excluding hydrogens is 226 g/mol. The largest absolute Gasteiger partial charge is 0.319 e. The van der Waals surface area contributed by atoms with Gasteiger partial charge >= 0.3 is 0 Å². The highest BCUT2D eigenvalue weighted by Crippen LogP contribution is 2.19. The number of carbonyl (C=O) groups excluding carboxylic acids is 1. The third-order valence-corrected chi connectivity index (χ3v) is 3.22. The van der Waals surface area contributed by atoms with Crippen molar-refractivity contribution in [3.8, 4) is 0 Å². The Bertz CT molecular complexity index is 580. The van der Waals surface area contributed by atoms with Gasteiger partial charge in [-0.3, -0.25) is 9.89 Å². The quantitative estimate of drug-likeness (QED) is 0.852. The summed E-state index contributed by atoms with van der Waals surface area (Å²) >= 11 is 0. The van der Waals surface area contributed by atoms with E-state index in [1.165, 1.54) is 0 Å². The average Bonchev–Trinajstić information content (AvgIpc) is 2.64. The normalized spacial score (nSPS) is 10.4. The van der Waals surface area contributed by atoms with Crippen LogP contribution in [0, 0.1) is 27.7 Å². The monoisotopic (exact) mass is 243 g/mol. The molecule has 2 N–H and O–H groups in total. The van der Waals surface area contributed by atoms with Crippen LogP contribution in [0.3, 0.4) is 0 Å². The zero-order valence-corrected chi connectivity index (χ0v) is 11.1. The molecule has 18 heavy (non-hydrogen) atoms. The van der Waals surface area contributed by atoms with Crippen molar-refractivity contribution in [2.75, 3.05) is 5.32 Å². The zero-order valence-electron chi connectivity index (χ0n) is 11.1. The lowest BCUT2D eigenvalue weighted by Gasteiger charge is -2.09. The van der Waals surface area contributed by atoms with Crippen LogP contribution in [0.4, 0.5) is 5.69 Å². The standard InChI is InChI=1S/C14H17N3O/c1-8-6-5-7-12(9(8)2)14(18)15-13-10(3)16-17-11(13)4/h5-7H,1-4H3,(H,15,18)(H,16,17). The van der Waals surface area contributed by atoms with E-state index >= 15 is 0 Å². The molecule has 1 amide bonds. The maximum Gasteiger partial charge on any atom is 0.256 e. The molecule has 94 valence electrons. The molecule has 4 heteroatoms. The topological polar surface area (TPSA) is 57.8 Å². The van der Waals surface area contributed by atoms with Gasteiger partial charge in [0.25, 0.3) is 5.91 Å². The summed E-state index contributed by atoms with van der Waals surface area (Å²) in [5, 5.41) is 9.83. The molecule has 1 aromatic carbocycles. The Morgan fingerprint density at radius 3 is 2.56 bits per heavy atom. The second-order valence-electron chi connectivity index (χ2n) is 4.51. The molecule has 0 radical (unpaired) electrons. The number of amides is 1. The van der Waals surface area contributed by atoms with Gasteiger partial charge in [0.05, 0.1) is 17.1 Å². The third-order valence-electron chi connectivity index (χ3n) is 3.22. The third kappa shape index (κ3) is 2.14. The lowest BCUT2D eigenvalue weighted by molar-refractivity contribution is 0.102. The number of carbonyl (C=O) groups is 1. The predicted molar refractivity (Wildman–Crippen MR) is 71.9 cm³/mol. The number of aryl methyl sites for hydroxylation is 3. The van der Waals surface area contributed by atoms with Gasteiger partial charge in [-0.2, -0.15) is 5.10 Å². The fraction of sp³-hybridized carbons (Fsp3) is 0.286. The van der Waals surface area contributed by atoms with E-state index < -0.39 is 0 Å². The highest BCUT2D eigenvalue weighted by Gasteiger charge is 2.14. The van der Waals surface area contributed by atoms with Crippen LogP contribution in [-0.4, -0.2) is 16.1 Å². The Morgan fingerprint density at radius 2 is 1.94 bits per heavy atom. The van der Waals surface area contributed by atoms with Gasteiger partial charge in [0.1, 0.15) is 0 Å². The molecule has 1 aromatic heterocycles. The smallest absolute Gasteiger partial charge is 0.256 e. The fourth-order valence-electron chi connectivity index (χ4n) is 1.91. The Morgan fingerprint density at radius 1 is 1.22 bits per heavy atom. The van der Waals surface area contributed by atoms with E-state index in [4.69, 9.17) is 0 Å². The summed E-state index contributed by atoms with van der Waals surface area (Å²) in [5.41, 5.74) is 5.25. The number of nitrogens with zero attached hydrogens (tertiary/aromatic N) is 1. The molecule has 0 aliphatic heterocycles. The summed E-state index contributed by atoms with van der Waals surface area (Å²) in [6, 6.07) is 5.73. The van der Waals surface area contributed by atoms with Crippen molar-refractivity contribution in [1.29, 1.82) is 0 Å². The van der Waals surface area contributed by atoms with E-state index in [2.05, 4.69) is 15.5 Å². The SMILES string of the molecule is Cc1cccc(C(=O)Nc2c(C)n[nH]c2C)c1C. The molecule has 0 aliphatic rings. The van der Waals surface area contributed by atoms with Crippen LogP contribution in [0.2, 0.25) is 0 Å². The molecule has 0 bridgehead atoms. The van der Waals surface area contributed by atoms with Crippen LogP contribution in [0.5, 0.6) is 0 Å². The molecule has 0 atom stereocenters. The number of benzene rings is 1. The molecule has 2 aromatic rings. The van der Waals surface area contributed by atoms with Crippen LogP contribution < -0.4 is 5.32 Å². The van der Waals surface area contributed by atoms with Crippen molar-refractivity contribution in [3.05, 3.63) is 46.3 Å². The maximum absolute atomic E-state index is 12.2. The molecule has 2 rings (SSSR count). The highest BCUT2D eigenvalue weighted by atomic mass is 16.1. The molecule has 0 saturated heterocycles. The average molecular weight is 243 g/mol. The Balaban J connectivity index is 2.31. The van der Waals surface area contributed by atoms with Crippen molar-refractivity contribution in [3.63, 3.8) is 0 Å². The van der Waals surface area contributed by atoms with Crippen LogP contribution in [0.1, 0.15) is 32.9 Å². The summed E-state index contributed by atoms with van der Waals surface area (Å²) in [4.78, 5) is 12.2. The van der Waals surface area contributed by atoms with Gasteiger partial charge in [0, 0.05) is 5.56 Å². The van der Waals surface area contributed by atoms with Gasteiger partial charge in [-0.25, -0.2) is 0 Å². The number of hydrogen-bond donors (Lipinski definition) is 2. The van der Waals surface area contributed by atoms with E-state index in [0.717, 1.165) is 28.2 Å². The van der Waals surface area contributed by atoms with Crippen molar-refractivity contribution in [2.24, 2.45) is 0 Å². The van der Waals surface area contributed by atoms with Gasteiger partial charge in [-0.1, -0.05) is 12.1 Å². The molecule has 0 unspecified atom stereocenters. The lowest BCUT2D eigenvalue weighted by atomic mass is 10.0. The minimum atomic E-state index is -0.0937. The Hall–Kier alpha value is -2.10. The Labute approximate surface area is 106 Å². The number of rotatable bonds is 2. The zero-order chi connectivity index (χ0) is 13.3. The number of nitrogens with one attached hydrogen (secondary N) is 2. The minimum absolute atomic E-state index is 0.0937. The number of aromatic nitrogens is 2. The van der Waals surface area contributed by atoms with Crippen LogP contribution in [0.15, 0.2) is 18.2 Å². The van der Waals surface area contributed by atoms with E-state index in [-0.39, 0.29) is 5.91 Å².